The minimum Gasteiger partial charge on any atom is -0.301 e. The van der Waals surface area contributed by atoms with Crippen molar-refractivity contribution in [3.8, 4) is 0 Å². The van der Waals surface area contributed by atoms with Crippen molar-refractivity contribution >= 4 is 21.4 Å². The summed E-state index contributed by atoms with van der Waals surface area (Å²) in [5.41, 5.74) is 4.85. The lowest BCUT2D eigenvalue weighted by atomic mass is 9.86. The fraction of sp³-hybridized carbons (Fsp3) is 0.391. The highest BCUT2D eigenvalue weighted by molar-refractivity contribution is 7.19. The van der Waals surface area contributed by atoms with Crippen LogP contribution in [0, 0.1) is 0 Å². The van der Waals surface area contributed by atoms with E-state index in [4.69, 9.17) is 0 Å². The minimum absolute atomic E-state index is 0.290. The van der Waals surface area contributed by atoms with E-state index in [-0.39, 0.29) is 5.54 Å². The highest BCUT2D eigenvalue weighted by Crippen LogP contribution is 2.50. The van der Waals surface area contributed by atoms with Gasteiger partial charge < -0.3 is 4.90 Å². The normalized spacial score (nSPS) is 21.9. The molecule has 0 bridgehead atoms. The van der Waals surface area contributed by atoms with Gasteiger partial charge in [-0.05, 0) is 68.2 Å². The molecule has 1 saturated carbocycles. The van der Waals surface area contributed by atoms with E-state index < -0.39 is 0 Å². The van der Waals surface area contributed by atoms with Crippen LogP contribution in [0.1, 0.15) is 40.3 Å². The highest BCUT2D eigenvalue weighted by atomic mass is 32.1. The lowest BCUT2D eigenvalue weighted by molar-refractivity contribution is 0.273. The van der Waals surface area contributed by atoms with Crippen molar-refractivity contribution < 1.29 is 0 Å². The first-order valence-corrected chi connectivity index (χ1v) is 10.4. The summed E-state index contributed by atoms with van der Waals surface area (Å²) in [5, 5.41) is 1.38. The predicted octanol–water partition coefficient (Wildman–Crippen LogP) is 5.03. The maximum atomic E-state index is 2.50. The topological polar surface area (TPSA) is 6.48 Å². The van der Waals surface area contributed by atoms with Gasteiger partial charge in [0.1, 0.15) is 0 Å². The Morgan fingerprint density at radius 3 is 2.62 bits per heavy atom. The smallest absolute Gasteiger partial charge is 0.0456 e. The van der Waals surface area contributed by atoms with Gasteiger partial charge in [-0.25, -0.2) is 0 Å². The number of nitrogens with zero attached hydrogens (tertiary/aromatic N) is 2. The first-order chi connectivity index (χ1) is 12.6. The van der Waals surface area contributed by atoms with Crippen LogP contribution in [0.3, 0.4) is 0 Å². The van der Waals surface area contributed by atoms with Crippen LogP contribution in [0.25, 0.3) is 10.1 Å². The summed E-state index contributed by atoms with van der Waals surface area (Å²) >= 11 is 1.96. The van der Waals surface area contributed by atoms with Crippen LogP contribution in [0.2, 0.25) is 0 Å². The highest BCUT2D eigenvalue weighted by Gasteiger charge is 2.46. The number of hydrogen-bond donors (Lipinski definition) is 0. The van der Waals surface area contributed by atoms with Crippen molar-refractivity contribution in [3.05, 3.63) is 70.1 Å². The Bertz CT molecular complexity index is 934. The minimum atomic E-state index is 0.290. The molecule has 2 nitrogen and oxygen atoms in total. The Kier molecular flexibility index (Phi) is 3.75. The van der Waals surface area contributed by atoms with Crippen LogP contribution in [0.15, 0.2) is 48.5 Å². The second kappa shape index (κ2) is 5.91. The third kappa shape index (κ3) is 2.53. The molecular formula is C23H26N2S. The first kappa shape index (κ1) is 16.5. The van der Waals surface area contributed by atoms with Gasteiger partial charge in [0.05, 0.1) is 0 Å². The quantitative estimate of drug-likeness (QED) is 0.645. The monoisotopic (exact) mass is 362 g/mol. The zero-order chi connectivity index (χ0) is 17.9. The van der Waals surface area contributed by atoms with Crippen molar-refractivity contribution in [3.63, 3.8) is 0 Å². The molecule has 1 aromatic heterocycles. The molecule has 5 rings (SSSR count). The SMILES string of the molecule is CN1Cc2cc(C3(N(C)C)CC3)ccc2C(c2cc3ccccc3s2)C1. The largest absolute Gasteiger partial charge is 0.301 e. The van der Waals surface area contributed by atoms with Gasteiger partial charge in [0, 0.05) is 34.1 Å². The molecule has 3 aromatic rings. The Morgan fingerprint density at radius 2 is 1.88 bits per heavy atom. The second-order valence-electron chi connectivity index (χ2n) is 8.28. The van der Waals surface area contributed by atoms with Crippen molar-refractivity contribution in [2.75, 3.05) is 27.7 Å². The van der Waals surface area contributed by atoms with Crippen LogP contribution in [-0.4, -0.2) is 37.5 Å². The molecule has 2 aromatic carbocycles. The molecular weight excluding hydrogens is 336 g/mol. The van der Waals surface area contributed by atoms with Crippen molar-refractivity contribution in [1.29, 1.82) is 0 Å². The first-order valence-electron chi connectivity index (χ1n) is 9.54. The predicted molar refractivity (Wildman–Crippen MR) is 111 cm³/mol. The molecule has 1 fully saturated rings. The summed E-state index contributed by atoms with van der Waals surface area (Å²) in [6.07, 6.45) is 2.57. The summed E-state index contributed by atoms with van der Waals surface area (Å²) in [7, 11) is 6.70. The molecule has 0 spiro atoms. The number of rotatable bonds is 3. The van der Waals surface area contributed by atoms with Crippen LogP contribution >= 0.6 is 11.3 Å². The lowest BCUT2D eigenvalue weighted by Crippen LogP contribution is -2.32. The van der Waals surface area contributed by atoms with Gasteiger partial charge >= 0.3 is 0 Å². The molecule has 1 aliphatic heterocycles. The molecule has 0 N–H and O–H groups in total. The van der Waals surface area contributed by atoms with Gasteiger partial charge in [0.2, 0.25) is 0 Å². The molecule has 1 aliphatic carbocycles. The van der Waals surface area contributed by atoms with E-state index in [1.54, 1.807) is 0 Å². The Labute approximate surface area is 160 Å². The zero-order valence-electron chi connectivity index (χ0n) is 15.8. The fourth-order valence-corrected chi connectivity index (χ4v) is 5.84. The summed E-state index contributed by atoms with van der Waals surface area (Å²) in [6, 6.07) is 18.5. The Balaban J connectivity index is 1.58. The Morgan fingerprint density at radius 1 is 1.08 bits per heavy atom. The van der Waals surface area contributed by atoms with Gasteiger partial charge in [-0.1, -0.05) is 36.4 Å². The average molecular weight is 363 g/mol. The molecule has 2 heterocycles. The third-order valence-corrected chi connectivity index (χ3v) is 7.59. The summed E-state index contributed by atoms with van der Waals surface area (Å²) in [6.45, 7) is 2.17. The van der Waals surface area contributed by atoms with E-state index in [0.717, 1.165) is 13.1 Å². The molecule has 134 valence electrons. The van der Waals surface area contributed by atoms with Crippen LogP contribution in [0.4, 0.5) is 0 Å². The van der Waals surface area contributed by atoms with Gasteiger partial charge in [0.25, 0.3) is 0 Å². The second-order valence-corrected chi connectivity index (χ2v) is 9.39. The summed E-state index contributed by atoms with van der Waals surface area (Å²) in [4.78, 5) is 6.39. The lowest BCUT2D eigenvalue weighted by Gasteiger charge is -2.33. The van der Waals surface area contributed by atoms with Crippen molar-refractivity contribution in [1.82, 2.24) is 9.80 Å². The van der Waals surface area contributed by atoms with E-state index in [1.165, 1.54) is 44.5 Å². The number of benzene rings is 2. The summed E-state index contributed by atoms with van der Waals surface area (Å²) in [5.74, 6) is 0.490. The summed E-state index contributed by atoms with van der Waals surface area (Å²) < 4.78 is 1.40. The van der Waals surface area contributed by atoms with Crippen molar-refractivity contribution in [2.24, 2.45) is 0 Å². The van der Waals surface area contributed by atoms with E-state index >= 15 is 0 Å². The number of hydrogen-bond acceptors (Lipinski definition) is 3. The molecule has 0 amide bonds. The van der Waals surface area contributed by atoms with Crippen molar-refractivity contribution in [2.45, 2.75) is 30.8 Å². The van der Waals surface area contributed by atoms with Crippen LogP contribution in [0.5, 0.6) is 0 Å². The molecule has 0 saturated heterocycles. The maximum absolute atomic E-state index is 2.50. The molecule has 1 unspecified atom stereocenters. The third-order valence-electron chi connectivity index (χ3n) is 6.36. The fourth-order valence-electron chi connectivity index (χ4n) is 4.67. The van der Waals surface area contributed by atoms with Gasteiger partial charge in [-0.2, -0.15) is 0 Å². The van der Waals surface area contributed by atoms with E-state index in [9.17, 15) is 0 Å². The van der Waals surface area contributed by atoms with Crippen LogP contribution in [-0.2, 0) is 12.1 Å². The number of fused-ring (bicyclic) bond motifs is 2. The number of thiophene rings is 1. The number of likely N-dealkylation sites (N-methyl/N-ethyl adjacent to an activating group) is 1. The van der Waals surface area contributed by atoms with Gasteiger partial charge in [-0.15, -0.1) is 11.3 Å². The molecule has 2 aliphatic rings. The molecule has 0 radical (unpaired) electrons. The average Bonchev–Trinajstić information content (AvgIpc) is 3.34. The Hall–Kier alpha value is -1.68. The zero-order valence-corrected chi connectivity index (χ0v) is 16.6. The molecule has 3 heteroatoms. The standard InChI is InChI=1S/C23H26N2S/c1-24(2)23(10-11-23)18-8-9-19-17(12-18)14-25(3)15-20(19)22-13-16-6-4-5-7-21(16)26-22/h4-9,12-13,20H,10-11,14-15H2,1-3H3. The van der Waals surface area contributed by atoms with Gasteiger partial charge in [0.15, 0.2) is 0 Å². The molecule has 1 atom stereocenters. The van der Waals surface area contributed by atoms with E-state index in [2.05, 4.69) is 79.5 Å². The maximum Gasteiger partial charge on any atom is 0.0456 e. The molecule has 26 heavy (non-hydrogen) atoms. The van der Waals surface area contributed by atoms with E-state index in [1.807, 2.05) is 11.3 Å². The van der Waals surface area contributed by atoms with Gasteiger partial charge in [-0.3, -0.25) is 4.90 Å². The van der Waals surface area contributed by atoms with E-state index in [0.29, 0.717) is 5.92 Å². The van der Waals surface area contributed by atoms with Crippen LogP contribution < -0.4 is 0 Å².